The zero-order valence-corrected chi connectivity index (χ0v) is 15.2. The molecule has 0 atom stereocenters. The Balaban J connectivity index is 1.85. The second-order valence-corrected chi connectivity index (χ2v) is 6.20. The van der Waals surface area contributed by atoms with Crippen molar-refractivity contribution in [2.24, 2.45) is 0 Å². The number of hydrogen-bond donors (Lipinski definition) is 4. The first-order valence-corrected chi connectivity index (χ1v) is 8.67. The topological polar surface area (TPSA) is 82.1 Å². The molecule has 0 bridgehead atoms. The molecule has 3 rings (SSSR count). The summed E-state index contributed by atoms with van der Waals surface area (Å²) < 4.78 is 0. The first kappa shape index (κ1) is 18.3. The van der Waals surface area contributed by atoms with Crippen LogP contribution >= 0.6 is 23.2 Å². The standard InChI is InChI=1S/C18H17Cl2N5O/c19-13-6-7-15(14(20)10-13)24-25-17-11-16(12-4-2-1-3-5-12)22-18(23-17)21-8-9-26/h1-7,10-11,24,26H,8-9H2,(H2,21,22,23,25). The predicted octanol–water partition coefficient (Wildman–Crippen LogP) is 4.29. The summed E-state index contributed by atoms with van der Waals surface area (Å²) in [6, 6.07) is 16.7. The SMILES string of the molecule is OCCNc1nc(NNc2ccc(Cl)cc2Cl)cc(-c2ccccc2)n1. The molecule has 1 aromatic heterocycles. The fraction of sp³-hybridized carbons (Fsp3) is 0.111. The van der Waals surface area contributed by atoms with Gasteiger partial charge in [0.1, 0.15) is 0 Å². The lowest BCUT2D eigenvalue weighted by atomic mass is 10.1. The van der Waals surface area contributed by atoms with Gasteiger partial charge in [0.15, 0.2) is 5.82 Å². The van der Waals surface area contributed by atoms with Crippen molar-refractivity contribution >= 4 is 40.7 Å². The molecule has 0 amide bonds. The summed E-state index contributed by atoms with van der Waals surface area (Å²) in [5.74, 6) is 0.956. The zero-order valence-electron chi connectivity index (χ0n) is 13.7. The molecule has 0 spiro atoms. The lowest BCUT2D eigenvalue weighted by Gasteiger charge is -2.13. The van der Waals surface area contributed by atoms with Gasteiger partial charge in [-0.3, -0.25) is 10.9 Å². The van der Waals surface area contributed by atoms with Gasteiger partial charge in [-0.15, -0.1) is 0 Å². The van der Waals surface area contributed by atoms with E-state index in [4.69, 9.17) is 28.3 Å². The second kappa shape index (κ2) is 8.71. The highest BCUT2D eigenvalue weighted by molar-refractivity contribution is 6.36. The number of hydrazine groups is 1. The number of aliphatic hydroxyl groups is 1. The summed E-state index contributed by atoms with van der Waals surface area (Å²) in [5, 5.41) is 13.0. The van der Waals surface area contributed by atoms with E-state index in [-0.39, 0.29) is 6.61 Å². The van der Waals surface area contributed by atoms with Gasteiger partial charge in [0.05, 0.1) is 23.0 Å². The highest BCUT2D eigenvalue weighted by atomic mass is 35.5. The van der Waals surface area contributed by atoms with Crippen molar-refractivity contribution in [2.45, 2.75) is 0 Å². The molecule has 134 valence electrons. The van der Waals surface area contributed by atoms with Crippen LogP contribution in [0.1, 0.15) is 0 Å². The molecule has 0 saturated heterocycles. The Labute approximate surface area is 161 Å². The molecule has 1 heterocycles. The lowest BCUT2D eigenvalue weighted by molar-refractivity contribution is 0.311. The Hall–Kier alpha value is -2.54. The Bertz CT molecular complexity index is 877. The van der Waals surface area contributed by atoms with Gasteiger partial charge >= 0.3 is 0 Å². The van der Waals surface area contributed by atoms with E-state index in [0.29, 0.717) is 34.0 Å². The Morgan fingerprint density at radius 3 is 2.46 bits per heavy atom. The van der Waals surface area contributed by atoms with Crippen LogP contribution in [0, 0.1) is 0 Å². The van der Waals surface area contributed by atoms with Crippen molar-refractivity contribution < 1.29 is 5.11 Å². The van der Waals surface area contributed by atoms with Crippen molar-refractivity contribution in [3.63, 3.8) is 0 Å². The number of benzene rings is 2. The maximum absolute atomic E-state index is 9.02. The summed E-state index contributed by atoms with van der Waals surface area (Å²) in [5.41, 5.74) is 8.39. The van der Waals surface area contributed by atoms with Gasteiger partial charge in [0, 0.05) is 23.2 Å². The van der Waals surface area contributed by atoms with Crippen LogP contribution in [0.15, 0.2) is 54.6 Å². The highest BCUT2D eigenvalue weighted by Gasteiger charge is 2.07. The number of nitrogens with one attached hydrogen (secondary N) is 3. The van der Waals surface area contributed by atoms with Crippen LogP contribution in [-0.2, 0) is 0 Å². The molecule has 0 aliphatic rings. The van der Waals surface area contributed by atoms with E-state index < -0.39 is 0 Å². The van der Waals surface area contributed by atoms with Crippen LogP contribution in [0.25, 0.3) is 11.3 Å². The van der Waals surface area contributed by atoms with Crippen molar-refractivity contribution in [1.82, 2.24) is 9.97 Å². The van der Waals surface area contributed by atoms with Crippen molar-refractivity contribution in [2.75, 3.05) is 29.3 Å². The normalized spacial score (nSPS) is 10.4. The van der Waals surface area contributed by atoms with Crippen LogP contribution in [0.5, 0.6) is 0 Å². The number of halogens is 2. The van der Waals surface area contributed by atoms with Gasteiger partial charge in [0.25, 0.3) is 0 Å². The summed E-state index contributed by atoms with van der Waals surface area (Å²) >= 11 is 12.1. The van der Waals surface area contributed by atoms with Gasteiger partial charge < -0.3 is 10.4 Å². The fourth-order valence-electron chi connectivity index (χ4n) is 2.24. The van der Waals surface area contributed by atoms with Crippen LogP contribution in [0.2, 0.25) is 10.0 Å². The number of aliphatic hydroxyl groups excluding tert-OH is 1. The molecule has 0 saturated carbocycles. The molecule has 26 heavy (non-hydrogen) atoms. The predicted molar refractivity (Wildman–Crippen MR) is 107 cm³/mol. The Morgan fingerprint density at radius 2 is 1.73 bits per heavy atom. The first-order chi connectivity index (χ1) is 12.7. The second-order valence-electron chi connectivity index (χ2n) is 5.35. The fourth-order valence-corrected chi connectivity index (χ4v) is 2.69. The molecule has 2 aromatic carbocycles. The minimum Gasteiger partial charge on any atom is -0.395 e. The zero-order chi connectivity index (χ0) is 18.4. The number of hydrogen-bond acceptors (Lipinski definition) is 6. The average Bonchev–Trinajstić information content (AvgIpc) is 2.66. The van der Waals surface area contributed by atoms with Gasteiger partial charge in [0.2, 0.25) is 5.95 Å². The lowest BCUT2D eigenvalue weighted by Crippen LogP contribution is -2.14. The molecule has 0 unspecified atom stereocenters. The van der Waals surface area contributed by atoms with Crippen molar-refractivity contribution in [3.05, 3.63) is 64.6 Å². The number of nitrogens with zero attached hydrogens (tertiary/aromatic N) is 2. The minimum atomic E-state index is -0.0136. The Kier molecular flexibility index (Phi) is 6.12. The third-order valence-electron chi connectivity index (χ3n) is 3.45. The number of rotatable bonds is 7. The number of anilines is 3. The van der Waals surface area contributed by atoms with Crippen LogP contribution in [-0.4, -0.2) is 28.2 Å². The molecule has 4 N–H and O–H groups in total. The van der Waals surface area contributed by atoms with Crippen LogP contribution in [0.3, 0.4) is 0 Å². The van der Waals surface area contributed by atoms with Crippen LogP contribution < -0.4 is 16.2 Å². The largest absolute Gasteiger partial charge is 0.395 e. The molecule has 0 aliphatic heterocycles. The monoisotopic (exact) mass is 389 g/mol. The van der Waals surface area contributed by atoms with E-state index in [1.54, 1.807) is 18.2 Å². The van der Waals surface area contributed by atoms with E-state index >= 15 is 0 Å². The summed E-state index contributed by atoms with van der Waals surface area (Å²) in [6.07, 6.45) is 0. The average molecular weight is 390 g/mol. The summed E-state index contributed by atoms with van der Waals surface area (Å²) in [7, 11) is 0. The quantitative estimate of drug-likeness (QED) is 0.451. The smallest absolute Gasteiger partial charge is 0.225 e. The van der Waals surface area contributed by atoms with E-state index in [2.05, 4.69) is 26.1 Å². The number of aromatic nitrogens is 2. The third kappa shape index (κ3) is 4.76. The van der Waals surface area contributed by atoms with Gasteiger partial charge in [-0.1, -0.05) is 53.5 Å². The summed E-state index contributed by atoms with van der Waals surface area (Å²) in [4.78, 5) is 8.86. The van der Waals surface area contributed by atoms with Gasteiger partial charge in [-0.25, -0.2) is 4.98 Å². The highest BCUT2D eigenvalue weighted by Crippen LogP contribution is 2.26. The molecular formula is C18H17Cl2N5O. The van der Waals surface area contributed by atoms with Gasteiger partial charge in [-0.2, -0.15) is 4.98 Å². The molecule has 0 aliphatic carbocycles. The summed E-state index contributed by atoms with van der Waals surface area (Å²) in [6.45, 7) is 0.342. The molecular weight excluding hydrogens is 373 g/mol. The third-order valence-corrected chi connectivity index (χ3v) is 3.99. The minimum absolute atomic E-state index is 0.0136. The van der Waals surface area contributed by atoms with Crippen molar-refractivity contribution in [3.8, 4) is 11.3 Å². The maximum Gasteiger partial charge on any atom is 0.225 e. The molecule has 8 heteroatoms. The molecule has 0 fully saturated rings. The van der Waals surface area contributed by atoms with E-state index in [1.165, 1.54) is 0 Å². The van der Waals surface area contributed by atoms with E-state index in [1.807, 2.05) is 36.4 Å². The maximum atomic E-state index is 9.02. The molecule has 0 radical (unpaired) electrons. The Morgan fingerprint density at radius 1 is 0.923 bits per heavy atom. The first-order valence-electron chi connectivity index (χ1n) is 7.92. The molecule has 3 aromatic rings. The van der Waals surface area contributed by atoms with Crippen LogP contribution in [0.4, 0.5) is 17.5 Å². The molecule has 6 nitrogen and oxygen atoms in total. The van der Waals surface area contributed by atoms with E-state index in [0.717, 1.165) is 11.3 Å². The van der Waals surface area contributed by atoms with Crippen molar-refractivity contribution in [1.29, 1.82) is 0 Å². The van der Waals surface area contributed by atoms with Gasteiger partial charge in [-0.05, 0) is 18.2 Å². The van der Waals surface area contributed by atoms with E-state index in [9.17, 15) is 0 Å².